The van der Waals surface area contributed by atoms with Crippen molar-refractivity contribution < 1.29 is 0 Å². The highest BCUT2D eigenvalue weighted by Crippen LogP contribution is 2.38. The van der Waals surface area contributed by atoms with Gasteiger partial charge < -0.3 is 5.32 Å². The molecule has 0 radical (unpaired) electrons. The summed E-state index contributed by atoms with van der Waals surface area (Å²) in [7, 11) is 0. The summed E-state index contributed by atoms with van der Waals surface area (Å²) in [6, 6.07) is 4.30. The van der Waals surface area contributed by atoms with E-state index >= 15 is 0 Å². The Morgan fingerprint density at radius 2 is 2.00 bits per heavy atom. The summed E-state index contributed by atoms with van der Waals surface area (Å²) in [5, 5.41) is 5.09. The second kappa shape index (κ2) is 5.52. The zero-order chi connectivity index (χ0) is 13.3. The normalized spacial score (nSPS) is 22.8. The highest BCUT2D eigenvalue weighted by atomic mass is 35.5. The topological polar surface area (TPSA) is 12.0 Å². The molecule has 0 aliphatic carbocycles. The number of rotatable bonds is 2. The number of thioether (sulfide) groups is 1. The molecule has 1 atom stereocenters. The van der Waals surface area contributed by atoms with Gasteiger partial charge in [0.05, 0.1) is 10.7 Å². The van der Waals surface area contributed by atoms with Crippen molar-refractivity contribution in [1.82, 2.24) is 0 Å². The molecule has 1 aromatic carbocycles. The lowest BCUT2D eigenvalue weighted by atomic mass is 9.82. The molecule has 18 heavy (non-hydrogen) atoms. The van der Waals surface area contributed by atoms with Crippen LogP contribution in [0, 0.1) is 12.3 Å². The molecular formula is C14H19Cl2NS. The lowest BCUT2D eigenvalue weighted by molar-refractivity contribution is 0.305. The Kier molecular flexibility index (Phi) is 4.40. The molecule has 1 fully saturated rings. The maximum Gasteiger partial charge on any atom is 0.0641 e. The van der Waals surface area contributed by atoms with Gasteiger partial charge in [-0.2, -0.15) is 11.8 Å². The minimum Gasteiger partial charge on any atom is -0.380 e. The standard InChI is InChI=1S/C14H19Cl2NS/c1-9-6-11(16)12(7-10(9)15)17-13-8-18-5-4-14(13,2)3/h6-7,13,17H,4-5,8H2,1-3H3. The van der Waals surface area contributed by atoms with Crippen LogP contribution >= 0.6 is 35.0 Å². The summed E-state index contributed by atoms with van der Waals surface area (Å²) < 4.78 is 0. The third-order valence-electron chi connectivity index (χ3n) is 3.70. The fourth-order valence-corrected chi connectivity index (χ4v) is 4.16. The fraction of sp³-hybridized carbons (Fsp3) is 0.571. The quantitative estimate of drug-likeness (QED) is 0.801. The first-order valence-corrected chi connectivity index (χ1v) is 8.11. The Morgan fingerprint density at radius 1 is 1.28 bits per heavy atom. The molecule has 1 unspecified atom stereocenters. The maximum atomic E-state index is 6.29. The van der Waals surface area contributed by atoms with Crippen LogP contribution in [-0.2, 0) is 0 Å². The average Bonchev–Trinajstić information content (AvgIpc) is 2.28. The van der Waals surface area contributed by atoms with E-state index in [1.165, 1.54) is 12.2 Å². The van der Waals surface area contributed by atoms with Crippen LogP contribution in [0.15, 0.2) is 12.1 Å². The number of nitrogens with one attached hydrogen (secondary N) is 1. The smallest absolute Gasteiger partial charge is 0.0641 e. The van der Waals surface area contributed by atoms with Gasteiger partial charge >= 0.3 is 0 Å². The number of benzene rings is 1. The molecule has 100 valence electrons. The van der Waals surface area contributed by atoms with Gasteiger partial charge in [-0.3, -0.25) is 0 Å². The summed E-state index contributed by atoms with van der Waals surface area (Å²) >= 11 is 14.5. The number of halogens is 2. The first-order valence-electron chi connectivity index (χ1n) is 6.20. The predicted octanol–water partition coefficient (Wildman–Crippen LogP) is 5.25. The summed E-state index contributed by atoms with van der Waals surface area (Å²) in [5.41, 5.74) is 2.27. The van der Waals surface area contributed by atoms with Crippen molar-refractivity contribution in [3.63, 3.8) is 0 Å². The molecule has 1 saturated heterocycles. The van der Waals surface area contributed by atoms with Crippen molar-refractivity contribution in [2.75, 3.05) is 16.8 Å². The monoisotopic (exact) mass is 303 g/mol. The van der Waals surface area contributed by atoms with E-state index in [0.29, 0.717) is 11.5 Å². The summed E-state index contributed by atoms with van der Waals surface area (Å²) in [4.78, 5) is 0. The van der Waals surface area contributed by atoms with Gasteiger partial charge in [-0.05, 0) is 42.2 Å². The van der Waals surface area contributed by atoms with Gasteiger partial charge in [0.2, 0.25) is 0 Å². The summed E-state index contributed by atoms with van der Waals surface area (Å²) in [6.07, 6.45) is 1.23. The zero-order valence-electron chi connectivity index (χ0n) is 11.0. The Morgan fingerprint density at radius 3 is 2.67 bits per heavy atom. The Balaban J connectivity index is 2.20. The second-order valence-corrected chi connectivity index (χ2v) is 7.56. The van der Waals surface area contributed by atoms with Gasteiger partial charge in [0, 0.05) is 16.8 Å². The summed E-state index contributed by atoms with van der Waals surface area (Å²) in [5.74, 6) is 2.36. The molecule has 0 amide bonds. The Bertz CT molecular complexity index is 446. The SMILES string of the molecule is Cc1cc(Cl)c(NC2CSCCC2(C)C)cc1Cl. The van der Waals surface area contributed by atoms with E-state index < -0.39 is 0 Å². The number of hydrogen-bond acceptors (Lipinski definition) is 2. The van der Waals surface area contributed by atoms with E-state index in [2.05, 4.69) is 19.2 Å². The third-order valence-corrected chi connectivity index (χ3v) is 5.48. The lowest BCUT2D eigenvalue weighted by Gasteiger charge is -2.39. The van der Waals surface area contributed by atoms with Gasteiger partial charge in [-0.15, -0.1) is 0 Å². The van der Waals surface area contributed by atoms with E-state index in [1.54, 1.807) is 0 Å². The number of hydrogen-bond donors (Lipinski definition) is 1. The molecule has 0 spiro atoms. The molecule has 1 nitrogen and oxygen atoms in total. The van der Waals surface area contributed by atoms with Gasteiger partial charge in [0.1, 0.15) is 0 Å². The molecule has 0 bridgehead atoms. The predicted molar refractivity (Wildman–Crippen MR) is 84.3 cm³/mol. The fourth-order valence-electron chi connectivity index (χ4n) is 2.12. The highest BCUT2D eigenvalue weighted by Gasteiger charge is 2.32. The molecule has 1 heterocycles. The largest absolute Gasteiger partial charge is 0.380 e. The summed E-state index contributed by atoms with van der Waals surface area (Å²) in [6.45, 7) is 6.60. The van der Waals surface area contributed by atoms with Gasteiger partial charge in [0.15, 0.2) is 0 Å². The molecule has 1 aliphatic rings. The second-order valence-electron chi connectivity index (χ2n) is 5.59. The first kappa shape index (κ1) is 14.4. The Hall–Kier alpha value is -0.0500. The number of aryl methyl sites for hydroxylation is 1. The van der Waals surface area contributed by atoms with E-state index in [4.69, 9.17) is 23.2 Å². The molecular weight excluding hydrogens is 285 g/mol. The van der Waals surface area contributed by atoms with Crippen molar-refractivity contribution >= 4 is 40.7 Å². The van der Waals surface area contributed by atoms with E-state index in [9.17, 15) is 0 Å². The minimum atomic E-state index is 0.298. The van der Waals surface area contributed by atoms with Crippen molar-refractivity contribution in [3.8, 4) is 0 Å². The van der Waals surface area contributed by atoms with Crippen LogP contribution in [0.1, 0.15) is 25.8 Å². The maximum absolute atomic E-state index is 6.29. The van der Waals surface area contributed by atoms with Crippen LogP contribution in [0.5, 0.6) is 0 Å². The van der Waals surface area contributed by atoms with Crippen molar-refractivity contribution in [2.24, 2.45) is 5.41 Å². The molecule has 1 aliphatic heterocycles. The van der Waals surface area contributed by atoms with Crippen molar-refractivity contribution in [3.05, 3.63) is 27.7 Å². The highest BCUT2D eigenvalue weighted by molar-refractivity contribution is 7.99. The van der Waals surface area contributed by atoms with Crippen molar-refractivity contribution in [2.45, 2.75) is 33.2 Å². The molecule has 0 saturated carbocycles. The lowest BCUT2D eigenvalue weighted by Crippen LogP contribution is -2.41. The minimum absolute atomic E-state index is 0.298. The van der Waals surface area contributed by atoms with Crippen LogP contribution in [0.2, 0.25) is 10.0 Å². The van der Waals surface area contributed by atoms with E-state index in [-0.39, 0.29) is 0 Å². The van der Waals surface area contributed by atoms with Gasteiger partial charge in [-0.1, -0.05) is 37.0 Å². The van der Waals surface area contributed by atoms with Gasteiger partial charge in [0.25, 0.3) is 0 Å². The molecule has 0 aromatic heterocycles. The average molecular weight is 304 g/mol. The zero-order valence-corrected chi connectivity index (χ0v) is 13.3. The van der Waals surface area contributed by atoms with Crippen molar-refractivity contribution in [1.29, 1.82) is 0 Å². The van der Waals surface area contributed by atoms with Gasteiger partial charge in [-0.25, -0.2) is 0 Å². The third kappa shape index (κ3) is 3.09. The molecule has 2 rings (SSSR count). The molecule has 1 N–H and O–H groups in total. The molecule has 4 heteroatoms. The van der Waals surface area contributed by atoms with Crippen LogP contribution in [0.25, 0.3) is 0 Å². The van der Waals surface area contributed by atoms with Crippen LogP contribution in [-0.4, -0.2) is 17.5 Å². The van der Waals surface area contributed by atoms with E-state index in [1.807, 2.05) is 30.8 Å². The van der Waals surface area contributed by atoms with Crippen LogP contribution < -0.4 is 5.32 Å². The van der Waals surface area contributed by atoms with Crippen LogP contribution in [0.4, 0.5) is 5.69 Å². The Labute approximate surface area is 124 Å². The number of anilines is 1. The van der Waals surface area contributed by atoms with Crippen LogP contribution in [0.3, 0.4) is 0 Å². The first-order chi connectivity index (χ1) is 8.40. The molecule has 1 aromatic rings. The van der Waals surface area contributed by atoms with E-state index in [0.717, 1.165) is 27.0 Å².